The molecule has 1 saturated heterocycles. The number of carbonyl (C=O) groups excluding carboxylic acids is 1. The number of rotatable bonds is 7. The zero-order valence-corrected chi connectivity index (χ0v) is 18.0. The van der Waals surface area contributed by atoms with Crippen LogP contribution in [0, 0.1) is 11.7 Å². The second kappa shape index (κ2) is 9.64. The van der Waals surface area contributed by atoms with Crippen molar-refractivity contribution in [1.29, 1.82) is 0 Å². The predicted molar refractivity (Wildman–Crippen MR) is 121 cm³/mol. The van der Waals surface area contributed by atoms with Gasteiger partial charge in [0.2, 0.25) is 0 Å². The largest absolute Gasteiger partial charge is 0.497 e. The first-order valence-corrected chi connectivity index (χ1v) is 10.4. The predicted octanol–water partition coefficient (Wildman–Crippen LogP) is 4.48. The maximum absolute atomic E-state index is 13.1. The molecule has 0 radical (unpaired) electrons. The third-order valence-electron chi connectivity index (χ3n) is 5.64. The Labute approximate surface area is 186 Å². The molecule has 1 fully saturated rings. The van der Waals surface area contributed by atoms with E-state index in [1.807, 2.05) is 18.2 Å². The SMILES string of the molecule is COc1ccc(Nc2cc(N3CCC(C(=O)c4ccc(F)cc4)CC3)ncn2)c(OC)c1. The fraction of sp³-hybridized carbons (Fsp3) is 0.292. The van der Waals surface area contributed by atoms with E-state index in [9.17, 15) is 9.18 Å². The van der Waals surface area contributed by atoms with Crippen LogP contribution >= 0.6 is 0 Å². The molecule has 2 heterocycles. The van der Waals surface area contributed by atoms with Gasteiger partial charge in [0.25, 0.3) is 0 Å². The van der Waals surface area contributed by atoms with Crippen molar-refractivity contribution in [2.45, 2.75) is 12.8 Å². The number of piperidine rings is 1. The van der Waals surface area contributed by atoms with Crippen molar-refractivity contribution in [3.63, 3.8) is 0 Å². The number of ketones is 1. The number of ether oxygens (including phenoxy) is 2. The van der Waals surface area contributed by atoms with Gasteiger partial charge < -0.3 is 19.7 Å². The zero-order chi connectivity index (χ0) is 22.5. The summed E-state index contributed by atoms with van der Waals surface area (Å²) in [5.74, 6) is 2.45. The van der Waals surface area contributed by atoms with Crippen LogP contribution in [-0.4, -0.2) is 43.1 Å². The fourth-order valence-electron chi connectivity index (χ4n) is 3.85. The summed E-state index contributed by atoms with van der Waals surface area (Å²) in [5, 5.41) is 3.26. The highest BCUT2D eigenvalue weighted by molar-refractivity contribution is 5.98. The number of anilines is 3. The summed E-state index contributed by atoms with van der Waals surface area (Å²) in [6.07, 6.45) is 2.95. The highest BCUT2D eigenvalue weighted by Gasteiger charge is 2.26. The zero-order valence-electron chi connectivity index (χ0n) is 18.0. The third-order valence-corrected chi connectivity index (χ3v) is 5.64. The number of carbonyl (C=O) groups is 1. The van der Waals surface area contributed by atoms with E-state index in [-0.39, 0.29) is 17.5 Å². The van der Waals surface area contributed by atoms with Crippen LogP contribution in [0.15, 0.2) is 54.9 Å². The van der Waals surface area contributed by atoms with Gasteiger partial charge in [0.15, 0.2) is 5.78 Å². The lowest BCUT2D eigenvalue weighted by Gasteiger charge is -2.32. The third kappa shape index (κ3) is 4.80. The Hall–Kier alpha value is -3.68. The summed E-state index contributed by atoms with van der Waals surface area (Å²) in [5.41, 5.74) is 1.33. The number of aromatic nitrogens is 2. The normalized spacial score (nSPS) is 14.2. The molecule has 0 aliphatic carbocycles. The van der Waals surface area contributed by atoms with Crippen LogP contribution in [0.25, 0.3) is 0 Å². The highest BCUT2D eigenvalue weighted by atomic mass is 19.1. The summed E-state index contributed by atoms with van der Waals surface area (Å²) < 4.78 is 23.8. The van der Waals surface area contributed by atoms with E-state index < -0.39 is 0 Å². The van der Waals surface area contributed by atoms with Crippen molar-refractivity contribution < 1.29 is 18.7 Å². The number of benzene rings is 2. The average molecular weight is 436 g/mol. The first-order valence-electron chi connectivity index (χ1n) is 10.4. The minimum atomic E-state index is -0.336. The molecule has 0 amide bonds. The van der Waals surface area contributed by atoms with Crippen molar-refractivity contribution >= 4 is 23.1 Å². The number of hydrogen-bond donors (Lipinski definition) is 1. The van der Waals surface area contributed by atoms with Crippen LogP contribution in [0.4, 0.5) is 21.7 Å². The van der Waals surface area contributed by atoms with Gasteiger partial charge in [0, 0.05) is 36.7 Å². The molecule has 4 rings (SSSR count). The number of methoxy groups -OCH3 is 2. The van der Waals surface area contributed by atoms with Gasteiger partial charge in [-0.2, -0.15) is 0 Å². The molecule has 1 N–H and O–H groups in total. The average Bonchev–Trinajstić information content (AvgIpc) is 2.84. The number of halogens is 1. The molecule has 166 valence electrons. The van der Waals surface area contributed by atoms with Gasteiger partial charge in [-0.05, 0) is 49.2 Å². The number of nitrogens with one attached hydrogen (secondary N) is 1. The van der Waals surface area contributed by atoms with Crippen molar-refractivity contribution in [2.24, 2.45) is 5.92 Å². The summed E-state index contributed by atoms with van der Waals surface area (Å²) in [4.78, 5) is 23.6. The van der Waals surface area contributed by atoms with Gasteiger partial charge in [-0.15, -0.1) is 0 Å². The van der Waals surface area contributed by atoms with Crippen LogP contribution in [0.5, 0.6) is 11.5 Å². The van der Waals surface area contributed by atoms with E-state index in [1.165, 1.54) is 18.5 Å². The van der Waals surface area contributed by atoms with Crippen molar-refractivity contribution in [2.75, 3.05) is 37.5 Å². The molecule has 32 heavy (non-hydrogen) atoms. The van der Waals surface area contributed by atoms with E-state index in [2.05, 4.69) is 20.2 Å². The van der Waals surface area contributed by atoms with Crippen LogP contribution in [0.1, 0.15) is 23.2 Å². The fourth-order valence-corrected chi connectivity index (χ4v) is 3.85. The number of Topliss-reactive ketones (excluding diaryl/α,β-unsaturated/α-hetero) is 1. The minimum Gasteiger partial charge on any atom is -0.497 e. The summed E-state index contributed by atoms with van der Waals surface area (Å²) in [6.45, 7) is 1.42. The van der Waals surface area contributed by atoms with Crippen molar-refractivity contribution in [3.8, 4) is 11.5 Å². The smallest absolute Gasteiger partial charge is 0.166 e. The summed E-state index contributed by atoms with van der Waals surface area (Å²) >= 11 is 0. The molecule has 8 heteroatoms. The monoisotopic (exact) mass is 436 g/mol. The van der Waals surface area contributed by atoms with E-state index in [1.54, 1.807) is 32.4 Å². The minimum absolute atomic E-state index is 0.0697. The molecule has 7 nitrogen and oxygen atoms in total. The molecule has 3 aromatic rings. The highest BCUT2D eigenvalue weighted by Crippen LogP contribution is 2.32. The van der Waals surface area contributed by atoms with Gasteiger partial charge in [-0.3, -0.25) is 4.79 Å². The number of nitrogens with zero attached hydrogens (tertiary/aromatic N) is 3. The molecule has 2 aromatic carbocycles. The summed E-state index contributed by atoms with van der Waals surface area (Å²) in [6, 6.07) is 13.2. The molecule has 0 saturated carbocycles. The standard InChI is InChI=1S/C24H25FN4O3/c1-31-19-7-8-20(21(13-19)32-2)28-22-14-23(27-15-26-22)29-11-9-17(10-12-29)24(30)16-3-5-18(25)6-4-16/h3-8,13-15,17H,9-12H2,1-2H3,(H,26,27,28). The maximum Gasteiger partial charge on any atom is 0.166 e. The lowest BCUT2D eigenvalue weighted by molar-refractivity contribution is 0.0900. The van der Waals surface area contributed by atoms with Crippen LogP contribution in [0.2, 0.25) is 0 Å². The second-order valence-electron chi connectivity index (χ2n) is 7.59. The Morgan fingerprint density at radius 2 is 1.78 bits per heavy atom. The topological polar surface area (TPSA) is 76.6 Å². The molecule has 0 spiro atoms. The quantitative estimate of drug-likeness (QED) is 0.548. The molecule has 1 aliphatic heterocycles. The number of hydrogen-bond acceptors (Lipinski definition) is 7. The first-order chi connectivity index (χ1) is 15.6. The Morgan fingerprint density at radius 3 is 2.47 bits per heavy atom. The Morgan fingerprint density at radius 1 is 1.03 bits per heavy atom. The molecular weight excluding hydrogens is 411 g/mol. The van der Waals surface area contributed by atoms with Crippen molar-refractivity contribution in [1.82, 2.24) is 9.97 Å². The first kappa shape index (κ1) is 21.5. The molecule has 0 unspecified atom stereocenters. The Bertz CT molecular complexity index is 1080. The molecule has 1 aliphatic rings. The van der Waals surface area contributed by atoms with Gasteiger partial charge in [-0.25, -0.2) is 14.4 Å². The van der Waals surface area contributed by atoms with Gasteiger partial charge in [0.1, 0.15) is 35.3 Å². The molecule has 0 bridgehead atoms. The lowest BCUT2D eigenvalue weighted by atomic mass is 9.89. The molecular formula is C24H25FN4O3. The Kier molecular flexibility index (Phi) is 6.49. The van der Waals surface area contributed by atoms with E-state index in [4.69, 9.17) is 9.47 Å². The van der Waals surface area contributed by atoms with Crippen LogP contribution < -0.4 is 19.7 Å². The van der Waals surface area contributed by atoms with E-state index in [0.717, 1.165) is 24.3 Å². The van der Waals surface area contributed by atoms with E-state index in [0.29, 0.717) is 36.0 Å². The van der Waals surface area contributed by atoms with Gasteiger partial charge in [-0.1, -0.05) is 0 Å². The molecule has 0 atom stereocenters. The van der Waals surface area contributed by atoms with Crippen LogP contribution in [-0.2, 0) is 0 Å². The molecule has 1 aromatic heterocycles. The lowest BCUT2D eigenvalue weighted by Crippen LogP contribution is -2.36. The van der Waals surface area contributed by atoms with Crippen LogP contribution in [0.3, 0.4) is 0 Å². The van der Waals surface area contributed by atoms with Gasteiger partial charge >= 0.3 is 0 Å². The van der Waals surface area contributed by atoms with E-state index >= 15 is 0 Å². The summed E-state index contributed by atoms with van der Waals surface area (Å²) in [7, 11) is 3.21. The van der Waals surface area contributed by atoms with Gasteiger partial charge in [0.05, 0.1) is 19.9 Å². The second-order valence-corrected chi connectivity index (χ2v) is 7.59. The Balaban J connectivity index is 1.41. The van der Waals surface area contributed by atoms with Crippen molar-refractivity contribution in [3.05, 3.63) is 66.2 Å². The maximum atomic E-state index is 13.1.